The monoisotopic (exact) mass is 707 g/mol. The smallest absolute Gasteiger partial charge is 0.243 e. The first kappa shape index (κ1) is 35.4. The molecule has 252 valence electrons. The average Bonchev–Trinajstić information content (AvgIpc) is 3.66. The van der Waals surface area contributed by atoms with Crippen molar-refractivity contribution in [1.82, 2.24) is 14.5 Å². The first-order valence-corrected chi connectivity index (χ1v) is 18.1. The summed E-state index contributed by atoms with van der Waals surface area (Å²) in [5.74, 6) is 0.161. The Morgan fingerprint density at radius 1 is 0.875 bits per heavy atom. The van der Waals surface area contributed by atoms with E-state index in [0.717, 1.165) is 29.5 Å². The Kier molecular flexibility index (Phi) is 12.2. The maximum atomic E-state index is 14.1. The highest BCUT2D eigenvalue weighted by molar-refractivity contribution is 7.89. The summed E-state index contributed by atoms with van der Waals surface area (Å²) in [6.07, 6.45) is 2.53. The Bertz CT molecular complexity index is 1800. The van der Waals surface area contributed by atoms with Gasteiger partial charge in [0, 0.05) is 49.1 Å². The topological polar surface area (TPSA) is 96.0 Å². The van der Waals surface area contributed by atoms with Crippen molar-refractivity contribution in [3.63, 3.8) is 0 Å². The Morgan fingerprint density at radius 3 is 2.19 bits per heavy atom. The number of sulfonamides is 1. The molecule has 0 spiro atoms. The number of carbonyl (C=O) groups is 2. The Hall–Kier alpha value is -3.89. The first-order valence-electron chi connectivity index (χ1n) is 15.9. The van der Waals surface area contributed by atoms with E-state index in [4.69, 9.17) is 27.9 Å². The van der Waals surface area contributed by atoms with Crippen molar-refractivity contribution in [1.29, 1.82) is 0 Å². The van der Waals surface area contributed by atoms with Gasteiger partial charge in [0.1, 0.15) is 11.8 Å². The maximum absolute atomic E-state index is 14.1. The van der Waals surface area contributed by atoms with Crippen LogP contribution in [-0.2, 0) is 45.5 Å². The van der Waals surface area contributed by atoms with E-state index in [2.05, 4.69) is 5.32 Å². The molecule has 0 aliphatic carbocycles. The zero-order valence-corrected chi connectivity index (χ0v) is 29.1. The third kappa shape index (κ3) is 9.17. The fraction of sp³-hybridized carbons (Fsp3) is 0.297. The summed E-state index contributed by atoms with van der Waals surface area (Å²) < 4.78 is 32.8. The van der Waals surface area contributed by atoms with Crippen LogP contribution in [0.2, 0.25) is 10.0 Å². The fourth-order valence-electron chi connectivity index (χ4n) is 5.75. The average molecular weight is 709 g/mol. The van der Waals surface area contributed by atoms with Gasteiger partial charge in [0.05, 0.1) is 12.0 Å². The summed E-state index contributed by atoms with van der Waals surface area (Å²) in [5, 5.41) is 3.93. The third-order valence-corrected chi connectivity index (χ3v) is 11.0. The summed E-state index contributed by atoms with van der Waals surface area (Å²) in [4.78, 5) is 30.0. The van der Waals surface area contributed by atoms with Crippen LogP contribution in [0.15, 0.2) is 102 Å². The highest BCUT2D eigenvalue weighted by atomic mass is 35.5. The molecule has 4 aromatic carbocycles. The van der Waals surface area contributed by atoms with Crippen LogP contribution in [0.1, 0.15) is 41.5 Å². The van der Waals surface area contributed by atoms with Gasteiger partial charge >= 0.3 is 0 Å². The molecule has 1 N–H and O–H groups in total. The summed E-state index contributed by atoms with van der Waals surface area (Å²) in [6.45, 7) is 1.43. The van der Waals surface area contributed by atoms with Gasteiger partial charge in [-0.1, -0.05) is 83.9 Å². The molecule has 1 unspecified atom stereocenters. The van der Waals surface area contributed by atoms with E-state index in [1.807, 2.05) is 54.6 Å². The molecule has 1 saturated heterocycles. The minimum absolute atomic E-state index is 0.121. The van der Waals surface area contributed by atoms with Crippen molar-refractivity contribution < 1.29 is 22.7 Å². The number of rotatable bonds is 14. The molecule has 0 radical (unpaired) electrons. The number of hydrogen-bond acceptors (Lipinski definition) is 5. The molecule has 5 rings (SSSR count). The van der Waals surface area contributed by atoms with Crippen LogP contribution in [-0.4, -0.2) is 55.7 Å². The van der Waals surface area contributed by atoms with Crippen LogP contribution in [0.25, 0.3) is 0 Å². The van der Waals surface area contributed by atoms with Crippen molar-refractivity contribution in [3.05, 3.63) is 129 Å². The summed E-state index contributed by atoms with van der Waals surface area (Å²) in [5.41, 5.74) is 3.28. The molecule has 0 bridgehead atoms. The van der Waals surface area contributed by atoms with E-state index in [0.29, 0.717) is 47.3 Å². The number of methoxy groups -OCH3 is 1. The molecule has 4 aromatic rings. The Balaban J connectivity index is 1.38. The van der Waals surface area contributed by atoms with E-state index in [1.54, 1.807) is 54.5 Å². The van der Waals surface area contributed by atoms with Crippen molar-refractivity contribution in [2.24, 2.45) is 0 Å². The molecule has 0 saturated carbocycles. The lowest BCUT2D eigenvalue weighted by atomic mass is 10.0. The van der Waals surface area contributed by atoms with Crippen molar-refractivity contribution in [2.45, 2.75) is 56.1 Å². The van der Waals surface area contributed by atoms with Gasteiger partial charge in [0.2, 0.25) is 21.8 Å². The minimum Gasteiger partial charge on any atom is -0.497 e. The molecule has 8 nitrogen and oxygen atoms in total. The van der Waals surface area contributed by atoms with Gasteiger partial charge < -0.3 is 15.0 Å². The van der Waals surface area contributed by atoms with E-state index in [1.165, 1.54) is 4.31 Å². The number of nitrogens with zero attached hydrogens (tertiary/aromatic N) is 2. The second kappa shape index (κ2) is 16.5. The predicted molar refractivity (Wildman–Crippen MR) is 189 cm³/mol. The van der Waals surface area contributed by atoms with Crippen LogP contribution in [0.4, 0.5) is 0 Å². The van der Waals surface area contributed by atoms with Crippen LogP contribution < -0.4 is 10.1 Å². The third-order valence-electron chi connectivity index (χ3n) is 8.50. The lowest BCUT2D eigenvalue weighted by molar-refractivity contribution is -0.141. The van der Waals surface area contributed by atoms with Gasteiger partial charge in [-0.15, -0.1) is 0 Å². The highest BCUT2D eigenvalue weighted by Gasteiger charge is 2.31. The molecular formula is C37H39Cl2N3O5S. The van der Waals surface area contributed by atoms with E-state index < -0.39 is 16.1 Å². The van der Waals surface area contributed by atoms with Crippen LogP contribution in [0, 0.1) is 0 Å². The van der Waals surface area contributed by atoms with Crippen LogP contribution in [0.5, 0.6) is 5.75 Å². The second-order valence-electron chi connectivity index (χ2n) is 11.8. The zero-order chi connectivity index (χ0) is 34.1. The van der Waals surface area contributed by atoms with Crippen LogP contribution in [0.3, 0.4) is 0 Å². The minimum atomic E-state index is -3.53. The molecule has 0 aromatic heterocycles. The first-order chi connectivity index (χ1) is 23.1. The standard InChI is InChI=1S/C37H39Cl2N3O5S/c1-47-32-16-9-29(10-17-32)26-42(36(43)20-13-27-11-18-33(19-12-27)48(45,46)41-21-5-6-22-41)35(23-28-7-3-2-4-8-28)37(44)40-25-30-14-15-31(38)24-34(30)39/h2-4,7-12,14-19,24,35H,5-6,13,20-23,25-26H2,1H3,(H,40,44). The van der Waals surface area contributed by atoms with E-state index in [9.17, 15) is 18.0 Å². The molecule has 1 atom stereocenters. The Morgan fingerprint density at radius 2 is 1.54 bits per heavy atom. The molecule has 1 fully saturated rings. The number of carbonyl (C=O) groups excluding carboxylic acids is 2. The number of ether oxygens (including phenoxy) is 1. The summed E-state index contributed by atoms with van der Waals surface area (Å²) >= 11 is 12.5. The second-order valence-corrected chi connectivity index (χ2v) is 14.6. The maximum Gasteiger partial charge on any atom is 0.243 e. The fourth-order valence-corrected chi connectivity index (χ4v) is 7.74. The number of halogens is 2. The van der Waals surface area contributed by atoms with Gasteiger partial charge in [-0.2, -0.15) is 4.31 Å². The normalized spacial score (nSPS) is 14.0. The van der Waals surface area contributed by atoms with Gasteiger partial charge in [-0.05, 0) is 77.9 Å². The molecule has 2 amide bonds. The number of hydrogen-bond donors (Lipinski definition) is 1. The highest BCUT2D eigenvalue weighted by Crippen LogP contribution is 2.24. The van der Waals surface area contributed by atoms with Crippen molar-refractivity contribution in [3.8, 4) is 5.75 Å². The van der Waals surface area contributed by atoms with Crippen molar-refractivity contribution in [2.75, 3.05) is 20.2 Å². The zero-order valence-electron chi connectivity index (χ0n) is 26.8. The lowest BCUT2D eigenvalue weighted by Gasteiger charge is -2.32. The van der Waals surface area contributed by atoms with E-state index >= 15 is 0 Å². The van der Waals surface area contributed by atoms with Gasteiger partial charge in [-0.3, -0.25) is 9.59 Å². The van der Waals surface area contributed by atoms with Crippen molar-refractivity contribution >= 4 is 45.0 Å². The largest absolute Gasteiger partial charge is 0.497 e. The van der Waals surface area contributed by atoms with Gasteiger partial charge in [0.25, 0.3) is 0 Å². The molecule has 1 heterocycles. The van der Waals surface area contributed by atoms with E-state index in [-0.39, 0.29) is 36.2 Å². The predicted octanol–water partition coefficient (Wildman–Crippen LogP) is 6.68. The molecule has 1 aliphatic rings. The summed E-state index contributed by atoms with van der Waals surface area (Å²) in [6, 6.07) is 28.0. The number of aryl methyl sites for hydroxylation is 1. The number of amides is 2. The molecule has 48 heavy (non-hydrogen) atoms. The quantitative estimate of drug-likeness (QED) is 0.158. The Labute approximate surface area is 292 Å². The van der Waals surface area contributed by atoms with Gasteiger partial charge in [-0.25, -0.2) is 8.42 Å². The summed E-state index contributed by atoms with van der Waals surface area (Å²) in [7, 11) is -1.94. The van der Waals surface area contributed by atoms with Gasteiger partial charge in [0.15, 0.2) is 0 Å². The molecule has 11 heteroatoms. The molecule has 1 aliphatic heterocycles. The lowest BCUT2D eigenvalue weighted by Crippen LogP contribution is -2.50. The number of benzene rings is 4. The molecular weight excluding hydrogens is 669 g/mol. The van der Waals surface area contributed by atoms with Crippen LogP contribution >= 0.6 is 23.2 Å². The SMILES string of the molecule is COc1ccc(CN(C(=O)CCc2ccc(S(=O)(=O)N3CCCC3)cc2)C(Cc2ccccc2)C(=O)NCc2ccc(Cl)cc2Cl)cc1. The number of nitrogens with one attached hydrogen (secondary N) is 1.